The van der Waals surface area contributed by atoms with Crippen molar-refractivity contribution in [2.45, 2.75) is 13.8 Å². The minimum absolute atomic E-state index is 0.0522. The number of carbonyl (C=O) groups is 3. The van der Waals surface area contributed by atoms with Gasteiger partial charge in [-0.2, -0.15) is 0 Å². The van der Waals surface area contributed by atoms with Gasteiger partial charge in [-0.25, -0.2) is 4.79 Å². The standard InChI is InChI=1S/C23H24N2O5/c1-5-12-25-18-11-10-17(13-19(18)30-14-23(2,3)22(25)28)24-20(26)15-6-8-16(9-7-15)21(27)29-4/h5-11,13H,1,12,14H2,2-4H3,(H,24,26). The van der Waals surface area contributed by atoms with Crippen LogP contribution in [0.1, 0.15) is 34.6 Å². The summed E-state index contributed by atoms with van der Waals surface area (Å²) < 4.78 is 10.5. The minimum atomic E-state index is -0.688. The van der Waals surface area contributed by atoms with Crippen LogP contribution in [0.2, 0.25) is 0 Å². The molecule has 3 rings (SSSR count). The maximum absolute atomic E-state index is 12.9. The summed E-state index contributed by atoms with van der Waals surface area (Å²) in [4.78, 5) is 38.6. The highest BCUT2D eigenvalue weighted by Gasteiger charge is 2.37. The second-order valence-electron chi connectivity index (χ2n) is 7.58. The molecule has 1 N–H and O–H groups in total. The maximum Gasteiger partial charge on any atom is 0.337 e. The largest absolute Gasteiger partial charge is 0.490 e. The maximum atomic E-state index is 12.9. The summed E-state index contributed by atoms with van der Waals surface area (Å²) in [5.74, 6) is -0.344. The van der Waals surface area contributed by atoms with Crippen molar-refractivity contribution in [2.75, 3.05) is 30.5 Å². The molecule has 30 heavy (non-hydrogen) atoms. The van der Waals surface area contributed by atoms with E-state index in [4.69, 9.17) is 4.74 Å². The molecule has 7 nitrogen and oxygen atoms in total. The number of carbonyl (C=O) groups excluding carboxylic acids is 3. The van der Waals surface area contributed by atoms with Gasteiger partial charge in [-0.15, -0.1) is 6.58 Å². The lowest BCUT2D eigenvalue weighted by Crippen LogP contribution is -2.42. The Morgan fingerprint density at radius 3 is 2.50 bits per heavy atom. The first kappa shape index (κ1) is 21.1. The highest BCUT2D eigenvalue weighted by Crippen LogP contribution is 2.38. The highest BCUT2D eigenvalue weighted by atomic mass is 16.5. The Bertz CT molecular complexity index is 995. The molecule has 0 radical (unpaired) electrons. The van der Waals surface area contributed by atoms with Crippen molar-refractivity contribution < 1.29 is 23.9 Å². The highest BCUT2D eigenvalue weighted by molar-refractivity contribution is 6.05. The van der Waals surface area contributed by atoms with Crippen molar-refractivity contribution in [1.29, 1.82) is 0 Å². The summed E-state index contributed by atoms with van der Waals surface area (Å²) in [6, 6.07) is 11.3. The van der Waals surface area contributed by atoms with Gasteiger partial charge in [0.1, 0.15) is 12.4 Å². The first-order valence-corrected chi connectivity index (χ1v) is 9.46. The number of ether oxygens (including phenoxy) is 2. The fourth-order valence-corrected chi connectivity index (χ4v) is 3.11. The molecule has 2 amide bonds. The number of nitrogens with one attached hydrogen (secondary N) is 1. The van der Waals surface area contributed by atoms with Crippen LogP contribution in [0.3, 0.4) is 0 Å². The molecule has 156 valence electrons. The molecular formula is C23H24N2O5. The number of hydrogen-bond donors (Lipinski definition) is 1. The fourth-order valence-electron chi connectivity index (χ4n) is 3.11. The number of methoxy groups -OCH3 is 1. The molecule has 1 heterocycles. The Morgan fingerprint density at radius 2 is 1.87 bits per heavy atom. The average molecular weight is 408 g/mol. The van der Waals surface area contributed by atoms with E-state index in [1.165, 1.54) is 19.2 Å². The van der Waals surface area contributed by atoms with E-state index in [-0.39, 0.29) is 18.4 Å². The molecule has 1 aliphatic heterocycles. The van der Waals surface area contributed by atoms with E-state index in [9.17, 15) is 14.4 Å². The Balaban J connectivity index is 1.83. The number of nitrogens with zero attached hydrogens (tertiary/aromatic N) is 1. The van der Waals surface area contributed by atoms with E-state index in [2.05, 4.69) is 16.6 Å². The van der Waals surface area contributed by atoms with Crippen LogP contribution in [0.15, 0.2) is 55.1 Å². The zero-order valence-electron chi connectivity index (χ0n) is 17.2. The van der Waals surface area contributed by atoms with Crippen LogP contribution in [0.5, 0.6) is 5.75 Å². The third-order valence-corrected chi connectivity index (χ3v) is 4.80. The Labute approximate surface area is 175 Å². The van der Waals surface area contributed by atoms with E-state index in [1.807, 2.05) is 13.8 Å². The predicted octanol–water partition coefficient (Wildman–Crippen LogP) is 3.66. The van der Waals surface area contributed by atoms with Crippen LogP contribution >= 0.6 is 0 Å². The molecule has 0 spiro atoms. The third-order valence-electron chi connectivity index (χ3n) is 4.80. The van der Waals surface area contributed by atoms with Crippen molar-refractivity contribution in [3.63, 3.8) is 0 Å². The Hall–Kier alpha value is -3.61. The van der Waals surface area contributed by atoms with Gasteiger partial charge in [0.05, 0.1) is 23.8 Å². The minimum Gasteiger partial charge on any atom is -0.490 e. The van der Waals surface area contributed by atoms with Crippen LogP contribution in [0.4, 0.5) is 11.4 Å². The molecule has 0 aromatic heterocycles. The van der Waals surface area contributed by atoms with E-state index >= 15 is 0 Å². The first-order chi connectivity index (χ1) is 14.3. The molecule has 0 atom stereocenters. The molecular weight excluding hydrogens is 384 g/mol. The molecule has 0 bridgehead atoms. The van der Waals surface area contributed by atoms with Gasteiger partial charge in [-0.1, -0.05) is 6.08 Å². The monoisotopic (exact) mass is 408 g/mol. The second kappa shape index (κ2) is 8.41. The number of amides is 2. The summed E-state index contributed by atoms with van der Waals surface area (Å²) in [6.45, 7) is 7.97. The van der Waals surface area contributed by atoms with E-state index in [1.54, 1.807) is 41.3 Å². The quantitative estimate of drug-likeness (QED) is 0.603. The third kappa shape index (κ3) is 4.20. The van der Waals surface area contributed by atoms with Gasteiger partial charge in [0, 0.05) is 23.9 Å². The second-order valence-corrected chi connectivity index (χ2v) is 7.58. The number of esters is 1. The summed E-state index contributed by atoms with van der Waals surface area (Å²) in [5, 5.41) is 2.81. The lowest BCUT2D eigenvalue weighted by atomic mass is 9.93. The summed E-state index contributed by atoms with van der Waals surface area (Å²) >= 11 is 0. The molecule has 7 heteroatoms. The molecule has 0 aliphatic carbocycles. The zero-order chi connectivity index (χ0) is 21.9. The fraction of sp³-hybridized carbons (Fsp3) is 0.261. The van der Waals surface area contributed by atoms with Crippen LogP contribution < -0.4 is 15.0 Å². The van der Waals surface area contributed by atoms with E-state index in [0.29, 0.717) is 34.8 Å². The summed E-state index contributed by atoms with van der Waals surface area (Å²) in [6.07, 6.45) is 1.66. The zero-order valence-corrected chi connectivity index (χ0v) is 17.2. The van der Waals surface area contributed by atoms with Crippen molar-refractivity contribution >= 4 is 29.2 Å². The number of fused-ring (bicyclic) bond motifs is 1. The van der Waals surface area contributed by atoms with Crippen molar-refractivity contribution in [1.82, 2.24) is 0 Å². The summed E-state index contributed by atoms with van der Waals surface area (Å²) in [7, 11) is 1.30. The van der Waals surface area contributed by atoms with Gasteiger partial charge >= 0.3 is 5.97 Å². The number of rotatable bonds is 5. The molecule has 0 saturated heterocycles. The molecule has 2 aromatic carbocycles. The normalized spacial score (nSPS) is 14.8. The number of anilines is 2. The smallest absolute Gasteiger partial charge is 0.337 e. The predicted molar refractivity (Wildman–Crippen MR) is 114 cm³/mol. The lowest BCUT2D eigenvalue weighted by molar-refractivity contribution is -0.127. The topological polar surface area (TPSA) is 84.9 Å². The molecule has 0 fully saturated rings. The van der Waals surface area contributed by atoms with Crippen LogP contribution in [-0.4, -0.2) is 38.0 Å². The first-order valence-electron chi connectivity index (χ1n) is 9.46. The molecule has 0 unspecified atom stereocenters. The van der Waals surface area contributed by atoms with Gasteiger partial charge in [-0.05, 0) is 50.2 Å². The van der Waals surface area contributed by atoms with Gasteiger partial charge in [0.15, 0.2) is 0 Å². The Morgan fingerprint density at radius 1 is 1.20 bits per heavy atom. The van der Waals surface area contributed by atoms with Gasteiger partial charge in [0.2, 0.25) is 5.91 Å². The summed E-state index contributed by atoms with van der Waals surface area (Å²) in [5.41, 5.74) is 1.23. The van der Waals surface area contributed by atoms with E-state index in [0.717, 1.165) is 0 Å². The molecule has 0 saturated carbocycles. The number of hydrogen-bond acceptors (Lipinski definition) is 5. The lowest BCUT2D eigenvalue weighted by Gasteiger charge is -2.27. The SMILES string of the molecule is C=CCN1C(=O)C(C)(C)COc2cc(NC(=O)c3ccc(C(=O)OC)cc3)ccc21. The molecule has 1 aliphatic rings. The van der Waals surface area contributed by atoms with Crippen molar-refractivity contribution in [3.05, 3.63) is 66.2 Å². The van der Waals surface area contributed by atoms with Crippen LogP contribution in [-0.2, 0) is 9.53 Å². The van der Waals surface area contributed by atoms with Gasteiger partial charge in [-0.3, -0.25) is 9.59 Å². The van der Waals surface area contributed by atoms with Gasteiger partial charge in [0.25, 0.3) is 5.91 Å². The number of benzene rings is 2. The Kier molecular flexibility index (Phi) is 5.91. The van der Waals surface area contributed by atoms with Crippen molar-refractivity contribution in [2.24, 2.45) is 5.41 Å². The van der Waals surface area contributed by atoms with Gasteiger partial charge < -0.3 is 19.7 Å². The van der Waals surface area contributed by atoms with Crippen LogP contribution in [0.25, 0.3) is 0 Å². The van der Waals surface area contributed by atoms with Crippen molar-refractivity contribution in [3.8, 4) is 5.75 Å². The molecule has 2 aromatic rings. The van der Waals surface area contributed by atoms with Crippen LogP contribution in [0, 0.1) is 5.41 Å². The van der Waals surface area contributed by atoms with E-state index < -0.39 is 11.4 Å². The average Bonchev–Trinajstić information content (AvgIpc) is 2.83.